The minimum Gasteiger partial charge on any atom is -0.406 e. The molecule has 10 heteroatoms. The number of alkyl halides is 3. The Balaban J connectivity index is 1.75. The third kappa shape index (κ3) is 5.07. The predicted molar refractivity (Wildman–Crippen MR) is 104 cm³/mol. The number of anilines is 1. The van der Waals surface area contributed by atoms with Crippen LogP contribution in [0.3, 0.4) is 0 Å². The van der Waals surface area contributed by atoms with E-state index in [9.17, 15) is 22.8 Å². The van der Waals surface area contributed by atoms with E-state index >= 15 is 0 Å². The number of halogens is 3. The van der Waals surface area contributed by atoms with Crippen LogP contribution in [-0.2, 0) is 4.79 Å². The van der Waals surface area contributed by atoms with Gasteiger partial charge < -0.3 is 15.0 Å². The molecule has 2 aromatic carbocycles. The van der Waals surface area contributed by atoms with Crippen molar-refractivity contribution >= 4 is 23.3 Å². The van der Waals surface area contributed by atoms with Crippen LogP contribution in [0.4, 0.5) is 23.7 Å². The average molecular weight is 420 g/mol. The van der Waals surface area contributed by atoms with Crippen molar-refractivity contribution in [2.75, 3.05) is 26.0 Å². The highest BCUT2D eigenvalue weighted by Crippen LogP contribution is 2.25. The summed E-state index contributed by atoms with van der Waals surface area (Å²) in [6.07, 6.45) is -4.79. The lowest BCUT2D eigenvalue weighted by Crippen LogP contribution is -2.38. The van der Waals surface area contributed by atoms with E-state index in [0.29, 0.717) is 5.71 Å². The molecule has 0 spiro atoms. The van der Waals surface area contributed by atoms with Gasteiger partial charge >= 0.3 is 12.4 Å². The van der Waals surface area contributed by atoms with Gasteiger partial charge in [0.15, 0.2) is 0 Å². The molecule has 0 radical (unpaired) electrons. The van der Waals surface area contributed by atoms with Crippen molar-refractivity contribution in [2.24, 2.45) is 11.0 Å². The van der Waals surface area contributed by atoms with Crippen molar-refractivity contribution < 1.29 is 27.5 Å². The first-order chi connectivity index (χ1) is 14.1. The summed E-state index contributed by atoms with van der Waals surface area (Å²) < 4.78 is 40.5. The summed E-state index contributed by atoms with van der Waals surface area (Å²) in [6, 6.07) is 13.2. The van der Waals surface area contributed by atoms with Gasteiger partial charge in [-0.05, 0) is 29.8 Å². The molecular formula is C20H19F3N4O3. The smallest absolute Gasteiger partial charge is 0.406 e. The molecule has 30 heavy (non-hydrogen) atoms. The fourth-order valence-electron chi connectivity index (χ4n) is 2.93. The van der Waals surface area contributed by atoms with Crippen molar-refractivity contribution in [1.82, 2.24) is 9.91 Å². The molecule has 1 aliphatic heterocycles. The highest BCUT2D eigenvalue weighted by atomic mass is 19.4. The maximum absolute atomic E-state index is 12.6. The molecule has 1 N–H and O–H groups in total. The molecule has 158 valence electrons. The lowest BCUT2D eigenvalue weighted by atomic mass is 9.96. The van der Waals surface area contributed by atoms with Crippen LogP contribution in [0.2, 0.25) is 0 Å². The largest absolute Gasteiger partial charge is 0.573 e. The second-order valence-electron chi connectivity index (χ2n) is 6.72. The fourth-order valence-corrected chi connectivity index (χ4v) is 2.93. The van der Waals surface area contributed by atoms with Crippen LogP contribution >= 0.6 is 0 Å². The van der Waals surface area contributed by atoms with Crippen molar-refractivity contribution in [3.8, 4) is 5.75 Å². The van der Waals surface area contributed by atoms with Gasteiger partial charge in [-0.2, -0.15) is 5.10 Å². The summed E-state index contributed by atoms with van der Waals surface area (Å²) in [5.74, 6) is -1.22. The number of hydrogen-bond acceptors (Lipinski definition) is 4. The van der Waals surface area contributed by atoms with Gasteiger partial charge in [-0.15, -0.1) is 13.2 Å². The van der Waals surface area contributed by atoms with E-state index in [1.54, 1.807) is 26.2 Å². The number of nitrogens with one attached hydrogen (secondary N) is 1. The highest BCUT2D eigenvalue weighted by Gasteiger charge is 2.37. The SMILES string of the molecule is CN(C)C(=O)C1CN(C(=O)Nc2ccc(OC(F)(F)F)cc2)N=C1c1ccccc1. The zero-order valence-electron chi connectivity index (χ0n) is 16.2. The molecule has 0 fully saturated rings. The van der Waals surface area contributed by atoms with Crippen LogP contribution < -0.4 is 10.1 Å². The number of urea groups is 1. The predicted octanol–water partition coefficient (Wildman–Crippen LogP) is 3.54. The molecule has 7 nitrogen and oxygen atoms in total. The van der Waals surface area contributed by atoms with Crippen LogP contribution in [0.25, 0.3) is 0 Å². The number of hydrazone groups is 1. The normalized spacial score (nSPS) is 16.1. The molecule has 1 unspecified atom stereocenters. The Morgan fingerprint density at radius 2 is 1.73 bits per heavy atom. The first kappa shape index (κ1) is 21.2. The highest BCUT2D eigenvalue weighted by molar-refractivity contribution is 6.15. The molecule has 0 aromatic heterocycles. The first-order valence-corrected chi connectivity index (χ1v) is 8.93. The lowest BCUT2D eigenvalue weighted by molar-refractivity contribution is -0.274. The van der Waals surface area contributed by atoms with E-state index in [1.165, 1.54) is 17.0 Å². The Labute approximate surface area is 170 Å². The molecule has 3 amide bonds. The van der Waals surface area contributed by atoms with E-state index in [-0.39, 0.29) is 18.1 Å². The third-order valence-electron chi connectivity index (χ3n) is 4.30. The fraction of sp³-hybridized carbons (Fsp3) is 0.250. The van der Waals surface area contributed by atoms with Gasteiger partial charge in [0.2, 0.25) is 5.91 Å². The molecule has 0 saturated carbocycles. The van der Waals surface area contributed by atoms with Crippen molar-refractivity contribution in [3.63, 3.8) is 0 Å². The molecule has 1 heterocycles. The summed E-state index contributed by atoms with van der Waals surface area (Å²) in [5.41, 5.74) is 1.45. The summed E-state index contributed by atoms with van der Waals surface area (Å²) in [5, 5.41) is 8.01. The molecule has 3 rings (SSSR count). The molecule has 0 bridgehead atoms. The Hall–Kier alpha value is -3.56. The van der Waals surface area contributed by atoms with E-state index in [2.05, 4.69) is 15.2 Å². The van der Waals surface area contributed by atoms with Crippen LogP contribution in [0.1, 0.15) is 5.56 Å². The monoisotopic (exact) mass is 420 g/mol. The summed E-state index contributed by atoms with van der Waals surface area (Å²) in [6.45, 7) is 0.0440. The zero-order chi connectivity index (χ0) is 21.9. The molecular weight excluding hydrogens is 401 g/mol. The minimum absolute atomic E-state index is 0.0440. The topological polar surface area (TPSA) is 74.2 Å². The Morgan fingerprint density at radius 3 is 2.30 bits per heavy atom. The second kappa shape index (κ2) is 8.44. The number of nitrogens with zero attached hydrogens (tertiary/aromatic N) is 3. The maximum Gasteiger partial charge on any atom is 0.573 e. The lowest BCUT2D eigenvalue weighted by Gasteiger charge is -2.18. The number of hydrogen-bond donors (Lipinski definition) is 1. The van der Waals surface area contributed by atoms with Crippen LogP contribution in [-0.4, -0.2) is 54.6 Å². The number of carbonyl (C=O) groups is 2. The van der Waals surface area contributed by atoms with Crippen LogP contribution in [0, 0.1) is 5.92 Å². The number of benzene rings is 2. The van der Waals surface area contributed by atoms with Crippen LogP contribution in [0.5, 0.6) is 5.75 Å². The van der Waals surface area contributed by atoms with Crippen LogP contribution in [0.15, 0.2) is 59.7 Å². The number of rotatable bonds is 4. The van der Waals surface area contributed by atoms with Gasteiger partial charge in [0.25, 0.3) is 0 Å². The summed E-state index contributed by atoms with van der Waals surface area (Å²) >= 11 is 0. The Bertz CT molecular complexity index is 944. The Morgan fingerprint density at radius 1 is 1.10 bits per heavy atom. The minimum atomic E-state index is -4.79. The molecule has 1 aliphatic rings. The molecule has 0 saturated heterocycles. The molecule has 2 aromatic rings. The number of amides is 3. The van der Waals surface area contributed by atoms with Crippen molar-refractivity contribution in [2.45, 2.75) is 6.36 Å². The number of carbonyl (C=O) groups excluding carboxylic acids is 2. The third-order valence-corrected chi connectivity index (χ3v) is 4.30. The maximum atomic E-state index is 12.6. The van der Waals surface area contributed by atoms with Gasteiger partial charge in [-0.3, -0.25) is 4.79 Å². The summed E-state index contributed by atoms with van der Waals surface area (Å²) in [4.78, 5) is 26.6. The van der Waals surface area contributed by atoms with E-state index in [4.69, 9.17) is 0 Å². The van der Waals surface area contributed by atoms with Crippen molar-refractivity contribution in [3.05, 3.63) is 60.2 Å². The van der Waals surface area contributed by atoms with Gasteiger partial charge in [0, 0.05) is 19.8 Å². The quantitative estimate of drug-likeness (QED) is 0.822. The van der Waals surface area contributed by atoms with Gasteiger partial charge in [-0.25, -0.2) is 9.80 Å². The standard InChI is InChI=1S/C20H19F3N4O3/c1-26(2)18(28)16-12-27(25-17(16)13-6-4-3-5-7-13)19(29)24-14-8-10-15(11-9-14)30-20(21,22)23/h3-11,16H,12H2,1-2H3,(H,24,29). The van der Waals surface area contributed by atoms with E-state index in [0.717, 1.165) is 22.7 Å². The van der Waals surface area contributed by atoms with Gasteiger partial charge in [-0.1, -0.05) is 30.3 Å². The first-order valence-electron chi connectivity index (χ1n) is 8.93. The average Bonchev–Trinajstić information content (AvgIpc) is 3.14. The second-order valence-corrected chi connectivity index (χ2v) is 6.72. The van der Waals surface area contributed by atoms with Crippen molar-refractivity contribution in [1.29, 1.82) is 0 Å². The molecule has 0 aliphatic carbocycles. The summed E-state index contributed by atoms with van der Waals surface area (Å²) in [7, 11) is 3.25. The van der Waals surface area contributed by atoms with Gasteiger partial charge in [0.1, 0.15) is 11.7 Å². The van der Waals surface area contributed by atoms with E-state index < -0.39 is 24.1 Å². The zero-order valence-corrected chi connectivity index (χ0v) is 16.2. The van der Waals surface area contributed by atoms with E-state index in [1.807, 2.05) is 18.2 Å². The number of ether oxygens (including phenoxy) is 1. The Kier molecular flexibility index (Phi) is 5.95. The molecule has 1 atom stereocenters. The van der Waals surface area contributed by atoms with Gasteiger partial charge in [0.05, 0.1) is 12.3 Å².